The van der Waals surface area contributed by atoms with Crippen molar-refractivity contribution in [1.82, 2.24) is 9.88 Å². The Hall–Kier alpha value is -0.800. The molecule has 0 fully saturated rings. The van der Waals surface area contributed by atoms with E-state index in [1.165, 1.54) is 5.56 Å². The van der Waals surface area contributed by atoms with E-state index in [1.807, 2.05) is 30.4 Å². The average molecular weight is 154 g/mol. The molecule has 62 valence electrons. The van der Waals surface area contributed by atoms with Crippen LogP contribution in [0.1, 0.15) is 5.56 Å². The summed E-state index contributed by atoms with van der Waals surface area (Å²) in [5, 5.41) is 8.68. The van der Waals surface area contributed by atoms with Crippen LogP contribution in [0, 0.1) is 0 Å². The number of aliphatic hydroxyl groups excluding tert-OH is 1. The number of hydrogen-bond acceptors (Lipinski definition) is 2. The molecular formula is C8H14N2O. The first-order chi connectivity index (χ1) is 5.33. The van der Waals surface area contributed by atoms with E-state index in [0.717, 1.165) is 13.0 Å². The molecule has 0 bridgehead atoms. The number of aliphatic hydroxyl groups is 1. The fourth-order valence-corrected chi connectivity index (χ4v) is 0.905. The number of hydrogen-bond donors (Lipinski definition) is 2. The maximum absolute atomic E-state index is 8.68. The summed E-state index contributed by atoms with van der Waals surface area (Å²) in [6.45, 7) is 1.03. The molecule has 1 aromatic rings. The molecule has 0 aromatic carbocycles. The lowest BCUT2D eigenvalue weighted by Crippen LogP contribution is -2.21. The third-order valence-corrected chi connectivity index (χ3v) is 1.69. The molecule has 0 spiro atoms. The topological polar surface area (TPSA) is 39.3 Å². The molecule has 0 saturated carbocycles. The van der Waals surface area contributed by atoms with Crippen LogP contribution in [-0.2, 0) is 6.42 Å². The van der Waals surface area contributed by atoms with E-state index in [2.05, 4.69) is 4.98 Å². The molecule has 0 aliphatic carbocycles. The zero-order valence-electron chi connectivity index (χ0n) is 6.75. The lowest BCUT2D eigenvalue weighted by Gasteiger charge is -2.11. The molecule has 0 unspecified atom stereocenters. The van der Waals surface area contributed by atoms with Gasteiger partial charge in [0.15, 0.2) is 0 Å². The Balaban J connectivity index is 2.23. The first-order valence-electron chi connectivity index (χ1n) is 3.74. The molecule has 0 amide bonds. The van der Waals surface area contributed by atoms with Crippen molar-refractivity contribution in [2.24, 2.45) is 0 Å². The van der Waals surface area contributed by atoms with E-state index in [0.29, 0.717) is 0 Å². The van der Waals surface area contributed by atoms with Crippen LogP contribution in [-0.4, -0.2) is 35.3 Å². The van der Waals surface area contributed by atoms with Gasteiger partial charge < -0.3 is 10.1 Å². The highest BCUT2D eigenvalue weighted by Gasteiger charge is 1.96. The second kappa shape index (κ2) is 4.16. The highest BCUT2D eigenvalue weighted by atomic mass is 16.3. The number of likely N-dealkylation sites (N-methyl/N-ethyl adjacent to an activating group) is 1. The molecule has 0 radical (unpaired) electrons. The standard InChI is InChI=1S/C8H14N2O/c1-10(7-11)5-3-8-2-4-9-6-8/h2,4,6,9,11H,3,5,7H2,1H3. The van der Waals surface area contributed by atoms with Gasteiger partial charge in [0, 0.05) is 18.9 Å². The number of aromatic nitrogens is 1. The van der Waals surface area contributed by atoms with Crippen molar-refractivity contribution < 1.29 is 5.11 Å². The minimum atomic E-state index is 0.129. The Labute approximate surface area is 66.7 Å². The van der Waals surface area contributed by atoms with Crippen molar-refractivity contribution in [2.45, 2.75) is 6.42 Å². The van der Waals surface area contributed by atoms with Crippen LogP contribution in [0.2, 0.25) is 0 Å². The number of nitrogens with zero attached hydrogens (tertiary/aromatic N) is 1. The van der Waals surface area contributed by atoms with Gasteiger partial charge >= 0.3 is 0 Å². The Morgan fingerprint density at radius 2 is 2.45 bits per heavy atom. The van der Waals surface area contributed by atoms with Gasteiger partial charge in [-0.05, 0) is 25.1 Å². The molecule has 1 rings (SSSR count). The molecule has 0 saturated heterocycles. The van der Waals surface area contributed by atoms with E-state index in [1.54, 1.807) is 0 Å². The van der Waals surface area contributed by atoms with Crippen LogP contribution >= 0.6 is 0 Å². The van der Waals surface area contributed by atoms with Crippen molar-refractivity contribution in [3.63, 3.8) is 0 Å². The van der Waals surface area contributed by atoms with Gasteiger partial charge in [0.25, 0.3) is 0 Å². The first-order valence-corrected chi connectivity index (χ1v) is 3.74. The lowest BCUT2D eigenvalue weighted by atomic mass is 10.2. The maximum atomic E-state index is 8.68. The lowest BCUT2D eigenvalue weighted by molar-refractivity contribution is 0.134. The molecule has 2 N–H and O–H groups in total. The summed E-state index contributed by atoms with van der Waals surface area (Å²) in [6.07, 6.45) is 4.88. The van der Waals surface area contributed by atoms with Gasteiger partial charge in [-0.15, -0.1) is 0 Å². The monoisotopic (exact) mass is 154 g/mol. The summed E-state index contributed by atoms with van der Waals surface area (Å²) in [5.74, 6) is 0. The smallest absolute Gasteiger partial charge is 0.0954 e. The summed E-state index contributed by atoms with van der Waals surface area (Å²) < 4.78 is 0. The Morgan fingerprint density at radius 3 is 3.00 bits per heavy atom. The molecule has 0 aliphatic heterocycles. The number of rotatable bonds is 4. The molecule has 1 aromatic heterocycles. The second-order valence-electron chi connectivity index (χ2n) is 2.69. The van der Waals surface area contributed by atoms with E-state index >= 15 is 0 Å². The van der Waals surface area contributed by atoms with E-state index in [-0.39, 0.29) is 6.73 Å². The fourth-order valence-electron chi connectivity index (χ4n) is 0.905. The predicted molar refractivity (Wildman–Crippen MR) is 44.2 cm³/mol. The van der Waals surface area contributed by atoms with Crippen molar-refractivity contribution in [2.75, 3.05) is 20.3 Å². The van der Waals surface area contributed by atoms with Gasteiger partial charge in [0.1, 0.15) is 0 Å². The zero-order chi connectivity index (χ0) is 8.10. The first kappa shape index (κ1) is 8.30. The molecule has 3 heteroatoms. The Bertz CT molecular complexity index is 184. The largest absolute Gasteiger partial charge is 0.381 e. The molecule has 0 aliphatic rings. The maximum Gasteiger partial charge on any atom is 0.0954 e. The number of aromatic amines is 1. The summed E-state index contributed by atoms with van der Waals surface area (Å²) in [7, 11) is 1.90. The third-order valence-electron chi connectivity index (χ3n) is 1.69. The average Bonchev–Trinajstić information content (AvgIpc) is 2.52. The summed E-state index contributed by atoms with van der Waals surface area (Å²) >= 11 is 0. The predicted octanol–water partition coefficient (Wildman–Crippen LogP) is 0.439. The van der Waals surface area contributed by atoms with Crippen LogP contribution in [0.25, 0.3) is 0 Å². The van der Waals surface area contributed by atoms with Gasteiger partial charge in [0.2, 0.25) is 0 Å². The van der Waals surface area contributed by atoms with Crippen molar-refractivity contribution in [3.05, 3.63) is 24.0 Å². The van der Waals surface area contributed by atoms with E-state index < -0.39 is 0 Å². The van der Waals surface area contributed by atoms with Gasteiger partial charge in [0.05, 0.1) is 6.73 Å². The number of H-pyrrole nitrogens is 1. The van der Waals surface area contributed by atoms with Gasteiger partial charge in [-0.1, -0.05) is 0 Å². The fraction of sp³-hybridized carbons (Fsp3) is 0.500. The molecule has 11 heavy (non-hydrogen) atoms. The highest BCUT2D eigenvalue weighted by molar-refractivity contribution is 5.08. The van der Waals surface area contributed by atoms with Crippen LogP contribution in [0.5, 0.6) is 0 Å². The summed E-state index contributed by atoms with van der Waals surface area (Å²) in [4.78, 5) is 4.86. The molecule has 0 atom stereocenters. The van der Waals surface area contributed by atoms with Crippen molar-refractivity contribution in [1.29, 1.82) is 0 Å². The zero-order valence-corrected chi connectivity index (χ0v) is 6.75. The Kier molecular flexibility index (Phi) is 3.14. The normalized spacial score (nSPS) is 10.8. The highest BCUT2D eigenvalue weighted by Crippen LogP contribution is 1.97. The SMILES string of the molecule is CN(CO)CCc1cc[nH]c1. The van der Waals surface area contributed by atoms with Gasteiger partial charge in [-0.3, -0.25) is 4.90 Å². The minimum Gasteiger partial charge on any atom is -0.381 e. The van der Waals surface area contributed by atoms with Gasteiger partial charge in [-0.2, -0.15) is 0 Å². The van der Waals surface area contributed by atoms with Crippen molar-refractivity contribution >= 4 is 0 Å². The van der Waals surface area contributed by atoms with Crippen LogP contribution in [0.4, 0.5) is 0 Å². The minimum absolute atomic E-state index is 0.129. The second-order valence-corrected chi connectivity index (χ2v) is 2.69. The molecule has 1 heterocycles. The van der Waals surface area contributed by atoms with Crippen molar-refractivity contribution in [3.8, 4) is 0 Å². The summed E-state index contributed by atoms with van der Waals surface area (Å²) in [5.41, 5.74) is 1.28. The molecule has 3 nitrogen and oxygen atoms in total. The number of nitrogens with one attached hydrogen (secondary N) is 1. The summed E-state index contributed by atoms with van der Waals surface area (Å²) in [6, 6.07) is 2.05. The molecular weight excluding hydrogens is 140 g/mol. The third kappa shape index (κ3) is 2.74. The van der Waals surface area contributed by atoms with E-state index in [9.17, 15) is 0 Å². The van der Waals surface area contributed by atoms with Crippen LogP contribution < -0.4 is 0 Å². The van der Waals surface area contributed by atoms with Gasteiger partial charge in [-0.25, -0.2) is 0 Å². The quantitative estimate of drug-likeness (QED) is 0.618. The van der Waals surface area contributed by atoms with Crippen LogP contribution in [0.3, 0.4) is 0 Å². The Morgan fingerprint density at radius 1 is 1.64 bits per heavy atom. The van der Waals surface area contributed by atoms with Crippen LogP contribution in [0.15, 0.2) is 18.5 Å². The van der Waals surface area contributed by atoms with E-state index in [4.69, 9.17) is 5.11 Å².